The minimum absolute atomic E-state index is 0.425. The van der Waals surface area contributed by atoms with Gasteiger partial charge >= 0.3 is 0 Å². The molecular formula is C8H18N2. The molecule has 0 fully saturated rings. The molecule has 3 N–H and O–H groups in total. The predicted octanol–water partition coefficient (Wildman–Crippen LogP) is 1.79. The van der Waals surface area contributed by atoms with E-state index in [0.29, 0.717) is 18.2 Å². The second kappa shape index (κ2) is 5.42. The minimum Gasteiger partial charge on any atom is -0.326 e. The molecule has 10 heavy (non-hydrogen) atoms. The van der Waals surface area contributed by atoms with Crippen molar-refractivity contribution < 1.29 is 0 Å². The van der Waals surface area contributed by atoms with Crippen molar-refractivity contribution in [1.82, 2.24) is 0 Å². The van der Waals surface area contributed by atoms with Gasteiger partial charge in [-0.1, -0.05) is 26.7 Å². The highest BCUT2D eigenvalue weighted by molar-refractivity contribution is 5.83. The molecule has 0 aromatic carbocycles. The molecule has 0 amide bonds. The van der Waals surface area contributed by atoms with Crippen LogP contribution >= 0.6 is 0 Å². The van der Waals surface area contributed by atoms with Gasteiger partial charge in [0.1, 0.15) is 0 Å². The summed E-state index contributed by atoms with van der Waals surface area (Å²) in [6.45, 7) is 4.77. The van der Waals surface area contributed by atoms with Gasteiger partial charge in [-0.25, -0.2) is 0 Å². The normalized spacial score (nSPS) is 13.1. The van der Waals surface area contributed by atoms with E-state index < -0.39 is 0 Å². The first-order valence-corrected chi connectivity index (χ1v) is 3.97. The molecule has 0 aromatic rings. The van der Waals surface area contributed by atoms with Crippen LogP contribution in [0, 0.1) is 11.3 Å². The molecule has 0 aromatic heterocycles. The lowest BCUT2D eigenvalue weighted by Gasteiger charge is -2.08. The zero-order valence-electron chi connectivity index (χ0n) is 6.98. The Morgan fingerprint density at radius 2 is 2.20 bits per heavy atom. The van der Waals surface area contributed by atoms with Gasteiger partial charge in [-0.2, -0.15) is 0 Å². The van der Waals surface area contributed by atoms with Crippen LogP contribution in [-0.2, 0) is 0 Å². The second-order valence-electron chi connectivity index (χ2n) is 2.91. The first-order chi connectivity index (χ1) is 4.70. The molecule has 0 rings (SSSR count). The molecule has 0 saturated heterocycles. The Morgan fingerprint density at radius 3 is 2.60 bits per heavy atom. The van der Waals surface area contributed by atoms with Crippen LogP contribution in [0.2, 0.25) is 0 Å². The molecule has 0 spiro atoms. The van der Waals surface area contributed by atoms with Gasteiger partial charge < -0.3 is 11.1 Å². The largest absolute Gasteiger partial charge is 0.326 e. The third-order valence-electron chi connectivity index (χ3n) is 1.62. The van der Waals surface area contributed by atoms with Gasteiger partial charge in [0.15, 0.2) is 0 Å². The van der Waals surface area contributed by atoms with Crippen molar-refractivity contribution in [3.05, 3.63) is 0 Å². The standard InChI is InChI=1S/C8H18N2/c1-3-4-7(2)5-8(10)6-9/h7,10H,3-6,9H2,1-2H3. The van der Waals surface area contributed by atoms with Crippen LogP contribution in [0.15, 0.2) is 0 Å². The summed E-state index contributed by atoms with van der Waals surface area (Å²) in [6.07, 6.45) is 3.30. The number of nitrogens with one attached hydrogen (secondary N) is 1. The monoisotopic (exact) mass is 142 g/mol. The average Bonchev–Trinajstić information content (AvgIpc) is 1.88. The number of hydrogen-bond donors (Lipinski definition) is 2. The van der Waals surface area contributed by atoms with Gasteiger partial charge in [0.05, 0.1) is 0 Å². The Labute approximate surface area is 63.3 Å². The highest BCUT2D eigenvalue weighted by Gasteiger charge is 2.02. The van der Waals surface area contributed by atoms with Crippen molar-refractivity contribution in [2.45, 2.75) is 33.1 Å². The van der Waals surface area contributed by atoms with Gasteiger partial charge in [0, 0.05) is 12.3 Å². The van der Waals surface area contributed by atoms with Crippen LogP contribution < -0.4 is 5.73 Å². The average molecular weight is 142 g/mol. The summed E-state index contributed by atoms with van der Waals surface area (Å²) >= 11 is 0. The quantitative estimate of drug-likeness (QED) is 0.565. The van der Waals surface area contributed by atoms with E-state index in [1.807, 2.05) is 0 Å². The molecule has 2 nitrogen and oxygen atoms in total. The Bertz CT molecular complexity index is 99.4. The summed E-state index contributed by atoms with van der Waals surface area (Å²) in [5.41, 5.74) is 5.97. The molecule has 0 aliphatic heterocycles. The fourth-order valence-electron chi connectivity index (χ4n) is 1.10. The van der Waals surface area contributed by atoms with Gasteiger partial charge in [-0.3, -0.25) is 0 Å². The third kappa shape index (κ3) is 4.50. The van der Waals surface area contributed by atoms with Crippen molar-refractivity contribution in [2.75, 3.05) is 6.54 Å². The molecule has 1 unspecified atom stereocenters. The highest BCUT2D eigenvalue weighted by Crippen LogP contribution is 2.09. The van der Waals surface area contributed by atoms with Crippen LogP contribution in [0.3, 0.4) is 0 Å². The topological polar surface area (TPSA) is 49.9 Å². The van der Waals surface area contributed by atoms with Gasteiger partial charge in [0.2, 0.25) is 0 Å². The zero-order chi connectivity index (χ0) is 7.98. The lowest BCUT2D eigenvalue weighted by molar-refractivity contribution is 0.542. The van der Waals surface area contributed by atoms with E-state index in [1.165, 1.54) is 12.8 Å². The van der Waals surface area contributed by atoms with E-state index in [-0.39, 0.29) is 0 Å². The smallest absolute Gasteiger partial charge is 0.0307 e. The van der Waals surface area contributed by atoms with E-state index in [4.69, 9.17) is 11.1 Å². The molecule has 60 valence electrons. The molecule has 0 aliphatic rings. The highest BCUT2D eigenvalue weighted by atomic mass is 14.6. The predicted molar refractivity (Wildman–Crippen MR) is 45.5 cm³/mol. The molecule has 0 aliphatic carbocycles. The maximum absolute atomic E-state index is 7.32. The van der Waals surface area contributed by atoms with Gasteiger partial charge in [-0.05, 0) is 12.3 Å². The molecule has 0 saturated carbocycles. The number of nitrogens with two attached hydrogens (primary N) is 1. The van der Waals surface area contributed by atoms with Crippen molar-refractivity contribution in [3.63, 3.8) is 0 Å². The lowest BCUT2D eigenvalue weighted by atomic mass is 9.99. The van der Waals surface area contributed by atoms with Crippen LogP contribution in [-0.4, -0.2) is 12.3 Å². The first kappa shape index (κ1) is 9.63. The lowest BCUT2D eigenvalue weighted by Crippen LogP contribution is -2.15. The first-order valence-electron chi connectivity index (χ1n) is 3.97. The molecule has 0 radical (unpaired) electrons. The van der Waals surface area contributed by atoms with Crippen LogP contribution in [0.1, 0.15) is 33.1 Å². The maximum atomic E-state index is 7.32. The van der Waals surface area contributed by atoms with Gasteiger partial charge in [-0.15, -0.1) is 0 Å². The van der Waals surface area contributed by atoms with Crippen LogP contribution in [0.4, 0.5) is 0 Å². The third-order valence-corrected chi connectivity index (χ3v) is 1.62. The Morgan fingerprint density at radius 1 is 1.60 bits per heavy atom. The molecule has 0 bridgehead atoms. The van der Waals surface area contributed by atoms with Crippen LogP contribution in [0.25, 0.3) is 0 Å². The minimum atomic E-state index is 0.425. The molecule has 2 heteroatoms. The molecule has 0 heterocycles. The zero-order valence-corrected chi connectivity index (χ0v) is 6.98. The summed E-state index contributed by atoms with van der Waals surface area (Å²) in [7, 11) is 0. The van der Waals surface area contributed by atoms with E-state index in [1.54, 1.807) is 0 Å². The summed E-state index contributed by atoms with van der Waals surface area (Å²) in [5.74, 6) is 0.640. The van der Waals surface area contributed by atoms with Gasteiger partial charge in [0.25, 0.3) is 0 Å². The van der Waals surface area contributed by atoms with E-state index in [9.17, 15) is 0 Å². The second-order valence-corrected chi connectivity index (χ2v) is 2.91. The molecular weight excluding hydrogens is 124 g/mol. The summed E-state index contributed by atoms with van der Waals surface area (Å²) in [5, 5.41) is 7.32. The van der Waals surface area contributed by atoms with Crippen molar-refractivity contribution >= 4 is 5.71 Å². The SMILES string of the molecule is CCCC(C)CC(=N)CN. The van der Waals surface area contributed by atoms with Crippen molar-refractivity contribution in [1.29, 1.82) is 5.41 Å². The van der Waals surface area contributed by atoms with Crippen LogP contribution in [0.5, 0.6) is 0 Å². The number of rotatable bonds is 5. The number of hydrogen-bond acceptors (Lipinski definition) is 2. The maximum Gasteiger partial charge on any atom is 0.0307 e. The molecule has 1 atom stereocenters. The summed E-state index contributed by atoms with van der Waals surface area (Å²) in [6, 6.07) is 0. The summed E-state index contributed by atoms with van der Waals surface area (Å²) in [4.78, 5) is 0. The Kier molecular flexibility index (Phi) is 5.22. The van der Waals surface area contributed by atoms with E-state index in [2.05, 4.69) is 13.8 Å². The van der Waals surface area contributed by atoms with Crippen molar-refractivity contribution in [2.24, 2.45) is 11.7 Å². The Hall–Kier alpha value is -0.370. The van der Waals surface area contributed by atoms with E-state index >= 15 is 0 Å². The fourth-order valence-corrected chi connectivity index (χ4v) is 1.10. The Balaban J connectivity index is 3.37. The fraction of sp³-hybridized carbons (Fsp3) is 0.875. The van der Waals surface area contributed by atoms with Crippen molar-refractivity contribution in [3.8, 4) is 0 Å². The van der Waals surface area contributed by atoms with E-state index in [0.717, 1.165) is 6.42 Å². The summed E-state index contributed by atoms with van der Waals surface area (Å²) < 4.78 is 0.